The summed E-state index contributed by atoms with van der Waals surface area (Å²) in [5.41, 5.74) is 4.97. The number of hydrogen-bond acceptors (Lipinski definition) is 4. The van der Waals surface area contributed by atoms with Crippen molar-refractivity contribution in [1.29, 1.82) is 0 Å². The molecule has 0 bridgehead atoms. The van der Waals surface area contributed by atoms with Gasteiger partial charge in [0.1, 0.15) is 11.4 Å². The molecule has 1 aromatic carbocycles. The molecule has 3 rings (SSSR count). The van der Waals surface area contributed by atoms with E-state index in [1.807, 2.05) is 6.92 Å². The number of halogens is 1. The Hall–Kier alpha value is -3.00. The van der Waals surface area contributed by atoms with Crippen LogP contribution < -0.4 is 16.6 Å². The summed E-state index contributed by atoms with van der Waals surface area (Å²) >= 11 is 0. The number of carbonyl (C=O) groups excluding carboxylic acids is 2. The van der Waals surface area contributed by atoms with Gasteiger partial charge in [-0.1, -0.05) is 12.1 Å². The molecular formula is C20H24FN3O4. The van der Waals surface area contributed by atoms with E-state index in [2.05, 4.69) is 5.32 Å². The van der Waals surface area contributed by atoms with Gasteiger partial charge in [0.25, 0.3) is 11.5 Å². The van der Waals surface area contributed by atoms with Gasteiger partial charge in [0.05, 0.1) is 18.2 Å². The molecule has 0 radical (unpaired) electrons. The minimum atomic E-state index is -0.766. The first-order chi connectivity index (χ1) is 13.3. The van der Waals surface area contributed by atoms with Crippen molar-refractivity contribution in [3.8, 4) is 0 Å². The lowest BCUT2D eigenvalue weighted by molar-refractivity contribution is 0.0961. The monoisotopic (exact) mass is 389 g/mol. The van der Waals surface area contributed by atoms with Gasteiger partial charge in [0.15, 0.2) is 0 Å². The zero-order valence-electron chi connectivity index (χ0n) is 15.9. The quantitative estimate of drug-likeness (QED) is 0.784. The molecule has 2 amide bonds. The maximum atomic E-state index is 13.2. The Labute approximate surface area is 162 Å². The minimum Gasteiger partial charge on any atom is -0.379 e. The molecule has 0 aliphatic heterocycles. The van der Waals surface area contributed by atoms with Gasteiger partial charge in [-0.25, -0.2) is 4.39 Å². The van der Waals surface area contributed by atoms with Crippen molar-refractivity contribution < 1.29 is 18.7 Å². The van der Waals surface area contributed by atoms with Gasteiger partial charge in [-0.2, -0.15) is 0 Å². The summed E-state index contributed by atoms with van der Waals surface area (Å²) in [5.74, 6) is -1.83. The number of aromatic nitrogens is 1. The van der Waals surface area contributed by atoms with Crippen molar-refractivity contribution in [2.24, 2.45) is 5.73 Å². The van der Waals surface area contributed by atoms with Crippen molar-refractivity contribution in [1.82, 2.24) is 9.88 Å². The van der Waals surface area contributed by atoms with Crippen LogP contribution in [0.1, 0.15) is 46.0 Å². The normalized spacial score (nSPS) is 12.7. The summed E-state index contributed by atoms with van der Waals surface area (Å²) < 4.78 is 19.5. The molecule has 1 aliphatic carbocycles. The summed E-state index contributed by atoms with van der Waals surface area (Å²) in [6.07, 6.45) is 4.50. The average Bonchev–Trinajstić information content (AvgIpc) is 3.47. The second kappa shape index (κ2) is 9.80. The molecule has 7 nitrogen and oxygen atoms in total. The van der Waals surface area contributed by atoms with Crippen molar-refractivity contribution in [2.75, 3.05) is 13.7 Å². The van der Waals surface area contributed by atoms with Crippen molar-refractivity contribution in [3.63, 3.8) is 0 Å². The Balaban J connectivity index is 0.000000397. The van der Waals surface area contributed by atoms with Crippen LogP contribution in [0.4, 0.5) is 4.39 Å². The van der Waals surface area contributed by atoms with E-state index in [9.17, 15) is 18.8 Å². The van der Waals surface area contributed by atoms with Crippen LogP contribution >= 0.6 is 0 Å². The zero-order valence-corrected chi connectivity index (χ0v) is 15.9. The van der Waals surface area contributed by atoms with Crippen LogP contribution in [-0.4, -0.2) is 36.1 Å². The van der Waals surface area contributed by atoms with E-state index in [1.165, 1.54) is 44.3 Å². The van der Waals surface area contributed by atoms with Crippen LogP contribution in [-0.2, 0) is 11.3 Å². The second-order valence-electron chi connectivity index (χ2n) is 6.30. The lowest BCUT2D eigenvalue weighted by atomic mass is 10.1. The first-order valence-corrected chi connectivity index (χ1v) is 8.98. The predicted octanol–water partition coefficient (Wildman–Crippen LogP) is 1.68. The molecule has 1 aromatic heterocycles. The molecule has 8 heteroatoms. The Bertz CT molecular complexity index is 907. The number of nitrogens with two attached hydrogens (primary N) is 1. The predicted molar refractivity (Wildman–Crippen MR) is 103 cm³/mol. The van der Waals surface area contributed by atoms with Gasteiger partial charge in [-0.3, -0.25) is 14.4 Å². The van der Waals surface area contributed by atoms with Gasteiger partial charge in [0.2, 0.25) is 5.91 Å². The smallest absolute Gasteiger partial charge is 0.263 e. The van der Waals surface area contributed by atoms with Crippen molar-refractivity contribution >= 4 is 11.8 Å². The number of nitrogens with one attached hydrogen (secondary N) is 1. The van der Waals surface area contributed by atoms with Crippen LogP contribution in [0, 0.1) is 5.82 Å². The molecule has 28 heavy (non-hydrogen) atoms. The molecule has 2 aromatic rings. The average molecular weight is 389 g/mol. The van der Waals surface area contributed by atoms with E-state index in [0.29, 0.717) is 11.7 Å². The number of ether oxygens (including phenoxy) is 1. The highest BCUT2D eigenvalue weighted by Crippen LogP contribution is 2.22. The van der Waals surface area contributed by atoms with Crippen molar-refractivity contribution in [3.05, 3.63) is 69.4 Å². The van der Waals surface area contributed by atoms with Gasteiger partial charge < -0.3 is 20.4 Å². The molecule has 0 saturated heterocycles. The maximum absolute atomic E-state index is 13.2. The third-order valence-electron chi connectivity index (χ3n) is 4.01. The van der Waals surface area contributed by atoms with E-state index in [-0.39, 0.29) is 17.7 Å². The number of hydrogen-bond donors (Lipinski definition) is 2. The van der Waals surface area contributed by atoms with Gasteiger partial charge in [-0.05, 0) is 43.5 Å². The first-order valence-electron chi connectivity index (χ1n) is 8.98. The molecule has 0 spiro atoms. The maximum Gasteiger partial charge on any atom is 0.263 e. The first kappa shape index (κ1) is 21.3. The van der Waals surface area contributed by atoms with E-state index in [0.717, 1.165) is 17.2 Å². The number of nitrogens with zero attached hydrogens (tertiary/aromatic N) is 1. The van der Waals surface area contributed by atoms with E-state index >= 15 is 0 Å². The van der Waals surface area contributed by atoms with Crippen LogP contribution in [0.5, 0.6) is 0 Å². The Kier molecular flexibility index (Phi) is 7.45. The summed E-state index contributed by atoms with van der Waals surface area (Å²) in [7, 11) is 1.37. The fraction of sp³-hybridized carbons (Fsp3) is 0.350. The summed E-state index contributed by atoms with van der Waals surface area (Å²) in [5, 5.41) is 2.32. The number of carbonyl (C=O) groups is 2. The zero-order chi connectivity index (χ0) is 20.7. The van der Waals surface area contributed by atoms with Crippen LogP contribution in [0.2, 0.25) is 0 Å². The highest BCUT2D eigenvalue weighted by atomic mass is 19.1. The van der Waals surface area contributed by atoms with E-state index in [4.69, 9.17) is 10.5 Å². The molecule has 1 heterocycles. The van der Waals surface area contributed by atoms with Gasteiger partial charge >= 0.3 is 0 Å². The Morgan fingerprint density at radius 1 is 1.32 bits per heavy atom. The Morgan fingerprint density at radius 2 is 2.04 bits per heavy atom. The van der Waals surface area contributed by atoms with Crippen LogP contribution in [0.3, 0.4) is 0 Å². The lowest BCUT2D eigenvalue weighted by Crippen LogP contribution is -2.33. The third-order valence-corrected chi connectivity index (χ3v) is 4.01. The topological polar surface area (TPSA) is 103 Å². The minimum absolute atomic E-state index is 0.0156. The number of primary amides is 1. The molecular weight excluding hydrogens is 365 g/mol. The largest absolute Gasteiger partial charge is 0.379 e. The van der Waals surface area contributed by atoms with Crippen molar-refractivity contribution in [2.45, 2.75) is 32.4 Å². The third kappa shape index (κ3) is 6.02. The Morgan fingerprint density at radius 3 is 2.54 bits per heavy atom. The fourth-order valence-electron chi connectivity index (χ4n) is 2.49. The second-order valence-corrected chi connectivity index (χ2v) is 6.30. The lowest BCUT2D eigenvalue weighted by Gasteiger charge is -2.10. The molecule has 1 saturated carbocycles. The highest BCUT2D eigenvalue weighted by molar-refractivity contribution is 5.98. The number of pyridine rings is 1. The SMILES string of the molecule is CCOC1CC1.CNC(=O)c1cc(C(N)=O)cn(Cc2cccc(F)c2)c1=O. The molecule has 1 aliphatic rings. The summed E-state index contributed by atoms with van der Waals surface area (Å²) in [4.78, 5) is 35.4. The summed E-state index contributed by atoms with van der Waals surface area (Å²) in [6.45, 7) is 2.95. The molecule has 3 N–H and O–H groups in total. The van der Waals surface area contributed by atoms with Crippen LogP contribution in [0.25, 0.3) is 0 Å². The molecule has 150 valence electrons. The molecule has 0 atom stereocenters. The standard InChI is InChI=1S/C15H14FN3O3.C5H10O/c1-18-14(21)12-6-10(13(17)20)8-19(15(12)22)7-9-3-2-4-11(16)5-9;1-2-6-5-3-4-5/h2-6,8H,7H2,1H3,(H2,17,20)(H,18,21);5H,2-4H2,1H3. The van der Waals surface area contributed by atoms with E-state index in [1.54, 1.807) is 6.07 Å². The number of amides is 2. The molecule has 1 fully saturated rings. The summed E-state index contributed by atoms with van der Waals surface area (Å²) in [6, 6.07) is 6.83. The van der Waals surface area contributed by atoms with E-state index < -0.39 is 23.2 Å². The van der Waals surface area contributed by atoms with Gasteiger partial charge in [0, 0.05) is 19.9 Å². The number of benzene rings is 1. The highest BCUT2D eigenvalue weighted by Gasteiger charge is 2.20. The fourth-order valence-corrected chi connectivity index (χ4v) is 2.49. The van der Waals surface area contributed by atoms with Gasteiger partial charge in [-0.15, -0.1) is 0 Å². The molecule has 0 unspecified atom stereocenters. The number of rotatable bonds is 6. The van der Waals surface area contributed by atoms with Crippen LogP contribution in [0.15, 0.2) is 41.3 Å².